The summed E-state index contributed by atoms with van der Waals surface area (Å²) in [6.45, 7) is 0.320. The molecule has 1 aromatic heterocycles. The molecule has 1 aromatic carbocycles. The molecule has 8 nitrogen and oxygen atoms in total. The van der Waals surface area contributed by atoms with Gasteiger partial charge in [0.1, 0.15) is 17.9 Å². The number of ether oxygens (including phenoxy) is 1. The Hall–Kier alpha value is -3.02. The number of nitrogens with one attached hydrogen (secondary N) is 1. The Labute approximate surface area is 160 Å². The molecule has 2 aliphatic heterocycles. The number of amides is 3. The number of nitrogens with zero attached hydrogens (tertiary/aromatic N) is 3. The summed E-state index contributed by atoms with van der Waals surface area (Å²) in [5, 5.41) is 6.23. The number of hydrogen-bond donors (Lipinski definition) is 1. The van der Waals surface area contributed by atoms with Gasteiger partial charge in [0.2, 0.25) is 11.7 Å². The molecule has 29 heavy (non-hydrogen) atoms. The summed E-state index contributed by atoms with van der Waals surface area (Å²) in [6, 6.07) is 1.66. The molecule has 2 aliphatic rings. The zero-order chi connectivity index (χ0) is 20.8. The molecule has 12 heteroatoms. The smallest absolute Gasteiger partial charge is 0.381 e. The lowest BCUT2D eigenvalue weighted by Crippen LogP contribution is -2.51. The van der Waals surface area contributed by atoms with Crippen molar-refractivity contribution in [3.05, 3.63) is 35.5 Å². The lowest BCUT2D eigenvalue weighted by atomic mass is 9.90. The summed E-state index contributed by atoms with van der Waals surface area (Å²) in [4.78, 5) is 29.8. The summed E-state index contributed by atoms with van der Waals surface area (Å²) < 4.78 is 62.3. The Bertz CT molecular complexity index is 969. The van der Waals surface area contributed by atoms with Crippen LogP contribution in [0.15, 0.2) is 22.7 Å². The molecule has 0 unspecified atom stereocenters. The number of aromatic nitrogens is 2. The van der Waals surface area contributed by atoms with Gasteiger partial charge in [-0.25, -0.2) is 9.18 Å². The molecular weight excluding hydrogens is 400 g/mol. The minimum absolute atomic E-state index is 0.119. The summed E-state index contributed by atoms with van der Waals surface area (Å²) in [6.07, 6.45) is -4.22. The molecule has 3 heterocycles. The predicted molar refractivity (Wildman–Crippen MR) is 86.6 cm³/mol. The molecule has 4 rings (SSSR count). The lowest BCUT2D eigenvalue weighted by Gasteiger charge is -2.30. The van der Waals surface area contributed by atoms with E-state index < -0.39 is 35.0 Å². The van der Waals surface area contributed by atoms with E-state index in [9.17, 15) is 27.2 Å². The third kappa shape index (κ3) is 3.43. The Balaban J connectivity index is 1.55. The monoisotopic (exact) mass is 414 g/mol. The second-order valence-electron chi connectivity index (χ2n) is 6.72. The molecule has 1 N–H and O–H groups in total. The predicted octanol–water partition coefficient (Wildman–Crippen LogP) is 2.50. The van der Waals surface area contributed by atoms with Crippen LogP contribution in [0.3, 0.4) is 0 Å². The fraction of sp³-hybridized carbons (Fsp3) is 0.412. The number of halogens is 4. The van der Waals surface area contributed by atoms with E-state index in [4.69, 9.17) is 9.26 Å². The Morgan fingerprint density at radius 1 is 1.21 bits per heavy atom. The van der Waals surface area contributed by atoms with Crippen molar-refractivity contribution in [3.8, 4) is 11.4 Å². The molecule has 0 saturated carbocycles. The van der Waals surface area contributed by atoms with Gasteiger partial charge in [-0.2, -0.15) is 18.2 Å². The standard InChI is InChI=1S/C17H14F4N4O4/c18-11-2-1-9(7-10(11)17(19,20)21)13-22-12(29-24-13)8-25-14(26)16(23-15(25)27)3-5-28-6-4-16/h1-2,7H,3-6,8H2,(H,23,27). The minimum Gasteiger partial charge on any atom is -0.381 e. The number of alkyl halides is 3. The van der Waals surface area contributed by atoms with Crippen LogP contribution in [0.4, 0.5) is 22.4 Å². The van der Waals surface area contributed by atoms with Gasteiger partial charge in [0.15, 0.2) is 0 Å². The second-order valence-corrected chi connectivity index (χ2v) is 6.72. The van der Waals surface area contributed by atoms with Crippen LogP contribution < -0.4 is 5.32 Å². The van der Waals surface area contributed by atoms with E-state index >= 15 is 0 Å². The SMILES string of the molecule is O=C1NC2(CCOCC2)C(=O)N1Cc1nc(-c2ccc(F)c(C(F)(F)F)c2)no1. The molecule has 0 atom stereocenters. The Morgan fingerprint density at radius 3 is 2.62 bits per heavy atom. The quantitative estimate of drug-likeness (QED) is 0.612. The highest BCUT2D eigenvalue weighted by Crippen LogP contribution is 2.34. The Morgan fingerprint density at radius 2 is 1.93 bits per heavy atom. The maximum atomic E-state index is 13.4. The number of imide groups is 1. The van der Waals surface area contributed by atoms with Crippen LogP contribution in [0.5, 0.6) is 0 Å². The third-order valence-electron chi connectivity index (χ3n) is 4.88. The van der Waals surface area contributed by atoms with Crippen molar-refractivity contribution in [2.45, 2.75) is 31.1 Å². The highest BCUT2D eigenvalue weighted by molar-refractivity contribution is 6.07. The summed E-state index contributed by atoms with van der Waals surface area (Å²) >= 11 is 0. The van der Waals surface area contributed by atoms with Crippen LogP contribution in [-0.4, -0.2) is 45.7 Å². The van der Waals surface area contributed by atoms with Crippen LogP contribution in [-0.2, 0) is 22.3 Å². The number of hydrogen-bond acceptors (Lipinski definition) is 6. The van der Waals surface area contributed by atoms with Gasteiger partial charge in [0.05, 0.1) is 5.56 Å². The van der Waals surface area contributed by atoms with Gasteiger partial charge in [0, 0.05) is 31.6 Å². The van der Waals surface area contributed by atoms with Crippen molar-refractivity contribution in [2.24, 2.45) is 0 Å². The van der Waals surface area contributed by atoms with Gasteiger partial charge in [-0.15, -0.1) is 0 Å². The van der Waals surface area contributed by atoms with Crippen LogP contribution in [0.2, 0.25) is 0 Å². The first kappa shape index (κ1) is 19.3. The van der Waals surface area contributed by atoms with E-state index in [0.717, 1.165) is 11.0 Å². The number of rotatable bonds is 3. The van der Waals surface area contributed by atoms with E-state index in [1.54, 1.807) is 0 Å². The summed E-state index contributed by atoms with van der Waals surface area (Å²) in [5.41, 5.74) is -2.61. The van der Waals surface area contributed by atoms with E-state index in [1.807, 2.05) is 0 Å². The maximum absolute atomic E-state index is 13.4. The van der Waals surface area contributed by atoms with Gasteiger partial charge in [-0.1, -0.05) is 5.16 Å². The van der Waals surface area contributed by atoms with E-state index in [-0.39, 0.29) is 23.8 Å². The minimum atomic E-state index is -4.88. The average molecular weight is 414 g/mol. The molecule has 2 aromatic rings. The van der Waals surface area contributed by atoms with Crippen LogP contribution in [0.25, 0.3) is 11.4 Å². The van der Waals surface area contributed by atoms with Gasteiger partial charge in [0.25, 0.3) is 5.91 Å². The zero-order valence-corrected chi connectivity index (χ0v) is 14.8. The second kappa shape index (κ2) is 6.79. The molecule has 1 spiro atoms. The van der Waals surface area contributed by atoms with Crippen molar-refractivity contribution in [1.82, 2.24) is 20.4 Å². The van der Waals surface area contributed by atoms with Crippen molar-refractivity contribution >= 4 is 11.9 Å². The van der Waals surface area contributed by atoms with Crippen LogP contribution in [0, 0.1) is 5.82 Å². The van der Waals surface area contributed by atoms with E-state index in [0.29, 0.717) is 38.2 Å². The first-order valence-corrected chi connectivity index (χ1v) is 8.61. The first-order valence-electron chi connectivity index (χ1n) is 8.61. The zero-order valence-electron chi connectivity index (χ0n) is 14.8. The number of benzene rings is 1. The largest absolute Gasteiger partial charge is 0.419 e. The van der Waals surface area contributed by atoms with Crippen molar-refractivity contribution < 1.29 is 36.4 Å². The molecule has 2 saturated heterocycles. The topological polar surface area (TPSA) is 97.6 Å². The van der Waals surface area contributed by atoms with Gasteiger partial charge in [-0.3, -0.25) is 9.69 Å². The van der Waals surface area contributed by atoms with E-state index in [2.05, 4.69) is 15.5 Å². The van der Waals surface area contributed by atoms with Crippen LogP contribution in [0.1, 0.15) is 24.3 Å². The van der Waals surface area contributed by atoms with E-state index in [1.165, 1.54) is 0 Å². The number of carbonyl (C=O) groups is 2. The summed E-state index contributed by atoms with van der Waals surface area (Å²) in [7, 11) is 0. The lowest BCUT2D eigenvalue weighted by molar-refractivity contribution is -0.140. The molecule has 0 bridgehead atoms. The molecule has 2 fully saturated rings. The molecule has 0 aliphatic carbocycles. The molecule has 0 radical (unpaired) electrons. The number of carbonyl (C=O) groups excluding carboxylic acids is 2. The highest BCUT2D eigenvalue weighted by Gasteiger charge is 2.52. The third-order valence-corrected chi connectivity index (χ3v) is 4.88. The molecular formula is C17H14F4N4O4. The van der Waals surface area contributed by atoms with Gasteiger partial charge in [-0.05, 0) is 18.2 Å². The Kier molecular flexibility index (Phi) is 4.52. The van der Waals surface area contributed by atoms with Crippen molar-refractivity contribution in [2.75, 3.05) is 13.2 Å². The van der Waals surface area contributed by atoms with Crippen molar-refractivity contribution in [3.63, 3.8) is 0 Å². The van der Waals surface area contributed by atoms with Crippen molar-refractivity contribution in [1.29, 1.82) is 0 Å². The summed E-state index contributed by atoms with van der Waals surface area (Å²) in [5.74, 6) is -2.25. The molecule has 3 amide bonds. The van der Waals surface area contributed by atoms with Crippen LogP contribution >= 0.6 is 0 Å². The fourth-order valence-corrected chi connectivity index (χ4v) is 3.33. The fourth-order valence-electron chi connectivity index (χ4n) is 3.33. The number of urea groups is 1. The van der Waals surface area contributed by atoms with Gasteiger partial charge < -0.3 is 14.6 Å². The normalized spacial score (nSPS) is 19.1. The maximum Gasteiger partial charge on any atom is 0.419 e. The first-order chi connectivity index (χ1) is 13.7. The average Bonchev–Trinajstić information content (AvgIpc) is 3.21. The highest BCUT2D eigenvalue weighted by atomic mass is 19.4. The van der Waals surface area contributed by atoms with Gasteiger partial charge >= 0.3 is 12.2 Å². The molecule has 154 valence electrons.